The molecule has 2 atom stereocenters. The van der Waals surface area contributed by atoms with Crippen molar-refractivity contribution >= 4 is 23.5 Å². The number of aliphatic carboxylic acids is 1. The van der Waals surface area contributed by atoms with Gasteiger partial charge in [0, 0.05) is 31.0 Å². The van der Waals surface area contributed by atoms with Crippen molar-refractivity contribution < 1.29 is 23.8 Å². The first-order valence-corrected chi connectivity index (χ1v) is 11.8. The number of ether oxygens (including phenoxy) is 1. The van der Waals surface area contributed by atoms with Crippen LogP contribution < -0.4 is 5.32 Å². The van der Waals surface area contributed by atoms with Crippen LogP contribution in [0.3, 0.4) is 0 Å². The lowest BCUT2D eigenvalue weighted by Crippen LogP contribution is -2.42. The van der Waals surface area contributed by atoms with Crippen LogP contribution in [0.25, 0.3) is 0 Å². The number of carboxylic acids is 1. The molecule has 0 saturated carbocycles. The molecule has 0 bridgehead atoms. The van der Waals surface area contributed by atoms with E-state index in [0.717, 1.165) is 37.4 Å². The average molecular weight is 477 g/mol. The second-order valence-corrected chi connectivity index (χ2v) is 8.99. The Balaban J connectivity index is 1.40. The number of amides is 1. The van der Waals surface area contributed by atoms with Gasteiger partial charge in [-0.3, -0.25) is 9.78 Å². The van der Waals surface area contributed by atoms with E-state index in [9.17, 15) is 19.1 Å². The molecule has 33 heavy (non-hydrogen) atoms. The molecule has 1 heterocycles. The summed E-state index contributed by atoms with van der Waals surface area (Å²) in [5.74, 6) is -2.61. The van der Waals surface area contributed by atoms with Gasteiger partial charge in [-0.15, -0.1) is 0 Å². The molecule has 1 amide bonds. The second kappa shape index (κ2) is 12.1. The van der Waals surface area contributed by atoms with Gasteiger partial charge >= 0.3 is 5.97 Å². The number of carbonyl (C=O) groups is 2. The van der Waals surface area contributed by atoms with Gasteiger partial charge in [0.2, 0.25) is 0 Å². The van der Waals surface area contributed by atoms with Crippen molar-refractivity contribution in [3.63, 3.8) is 0 Å². The lowest BCUT2D eigenvalue weighted by molar-refractivity contribution is -0.139. The first-order valence-electron chi connectivity index (χ1n) is 11.4. The molecule has 0 unspecified atom stereocenters. The molecule has 0 spiro atoms. The van der Waals surface area contributed by atoms with Gasteiger partial charge in [-0.1, -0.05) is 30.7 Å². The SMILES string of the molecule is C[C@H](CCc1ccc2c(n1)CCCC2)COCC[C@@H](NC(=O)c1c(F)cccc1Cl)C(=O)O. The number of hydrogen-bond donors (Lipinski definition) is 2. The fourth-order valence-electron chi connectivity index (χ4n) is 3.93. The van der Waals surface area contributed by atoms with E-state index in [1.807, 2.05) is 0 Å². The summed E-state index contributed by atoms with van der Waals surface area (Å²) in [6.45, 7) is 2.71. The Bertz CT molecular complexity index is 965. The van der Waals surface area contributed by atoms with Crippen molar-refractivity contribution in [3.8, 4) is 0 Å². The summed E-state index contributed by atoms with van der Waals surface area (Å²) < 4.78 is 19.6. The number of carbonyl (C=O) groups excluding carboxylic acids is 1. The minimum Gasteiger partial charge on any atom is -0.480 e. The van der Waals surface area contributed by atoms with E-state index in [-0.39, 0.29) is 29.5 Å². The van der Waals surface area contributed by atoms with Crippen LogP contribution in [0.5, 0.6) is 0 Å². The third kappa shape index (κ3) is 7.24. The number of carboxylic acid groups (broad SMARTS) is 1. The van der Waals surface area contributed by atoms with Gasteiger partial charge in [-0.05, 0) is 68.2 Å². The smallest absolute Gasteiger partial charge is 0.326 e. The second-order valence-electron chi connectivity index (χ2n) is 8.58. The van der Waals surface area contributed by atoms with Crippen LogP contribution in [0, 0.1) is 11.7 Å². The number of fused-ring (bicyclic) bond motifs is 1. The van der Waals surface area contributed by atoms with Crippen molar-refractivity contribution in [1.29, 1.82) is 0 Å². The fraction of sp³-hybridized carbons (Fsp3) is 0.480. The normalized spacial score (nSPS) is 14.9. The van der Waals surface area contributed by atoms with E-state index >= 15 is 0 Å². The van der Waals surface area contributed by atoms with Gasteiger partial charge in [-0.25, -0.2) is 9.18 Å². The molecule has 1 aliphatic rings. The number of hydrogen-bond acceptors (Lipinski definition) is 4. The third-order valence-corrected chi connectivity index (χ3v) is 6.19. The summed E-state index contributed by atoms with van der Waals surface area (Å²) in [5.41, 5.74) is 3.35. The van der Waals surface area contributed by atoms with E-state index in [1.165, 1.54) is 36.2 Å². The van der Waals surface area contributed by atoms with E-state index in [0.29, 0.717) is 6.61 Å². The lowest BCUT2D eigenvalue weighted by atomic mass is 9.95. The van der Waals surface area contributed by atoms with Crippen molar-refractivity contribution in [1.82, 2.24) is 10.3 Å². The molecule has 2 aromatic rings. The molecule has 0 aliphatic heterocycles. The minimum atomic E-state index is -1.22. The highest BCUT2D eigenvalue weighted by atomic mass is 35.5. The third-order valence-electron chi connectivity index (χ3n) is 5.88. The van der Waals surface area contributed by atoms with Gasteiger partial charge in [0.15, 0.2) is 0 Å². The zero-order valence-electron chi connectivity index (χ0n) is 18.8. The molecule has 0 saturated heterocycles. The molecule has 1 aromatic heterocycles. The van der Waals surface area contributed by atoms with E-state index in [1.54, 1.807) is 0 Å². The van der Waals surface area contributed by atoms with Crippen molar-refractivity contribution in [2.75, 3.05) is 13.2 Å². The van der Waals surface area contributed by atoms with E-state index < -0.39 is 23.7 Å². The largest absolute Gasteiger partial charge is 0.480 e. The van der Waals surface area contributed by atoms with Gasteiger partial charge in [0.1, 0.15) is 11.9 Å². The Morgan fingerprint density at radius 1 is 1.21 bits per heavy atom. The molecule has 8 heteroatoms. The molecule has 178 valence electrons. The number of rotatable bonds is 11. The van der Waals surface area contributed by atoms with E-state index in [2.05, 4.69) is 24.4 Å². The fourth-order valence-corrected chi connectivity index (χ4v) is 4.18. The topological polar surface area (TPSA) is 88.5 Å². The maximum Gasteiger partial charge on any atom is 0.326 e. The maximum absolute atomic E-state index is 13.9. The molecule has 2 N–H and O–H groups in total. The summed E-state index contributed by atoms with van der Waals surface area (Å²) >= 11 is 5.88. The van der Waals surface area contributed by atoms with Crippen LogP contribution in [0.4, 0.5) is 4.39 Å². The van der Waals surface area contributed by atoms with Crippen molar-refractivity contribution in [2.24, 2.45) is 5.92 Å². The van der Waals surface area contributed by atoms with E-state index in [4.69, 9.17) is 21.3 Å². The summed E-state index contributed by atoms with van der Waals surface area (Å²) in [4.78, 5) is 28.6. The number of halogens is 2. The average Bonchev–Trinajstić information content (AvgIpc) is 2.79. The van der Waals surface area contributed by atoms with Crippen LogP contribution in [-0.4, -0.2) is 41.2 Å². The number of nitrogens with one attached hydrogen (secondary N) is 1. The molecule has 1 aliphatic carbocycles. The monoisotopic (exact) mass is 476 g/mol. The van der Waals surface area contributed by atoms with Crippen LogP contribution in [0.15, 0.2) is 30.3 Å². The predicted octanol–water partition coefficient (Wildman–Crippen LogP) is 4.61. The Morgan fingerprint density at radius 3 is 2.76 bits per heavy atom. The van der Waals surface area contributed by atoms with Crippen molar-refractivity contribution in [2.45, 2.75) is 57.9 Å². The van der Waals surface area contributed by atoms with Gasteiger partial charge in [-0.2, -0.15) is 0 Å². The highest BCUT2D eigenvalue weighted by Gasteiger charge is 2.24. The molecule has 3 rings (SSSR count). The molecule has 1 aromatic carbocycles. The standard InChI is InChI=1S/C25H30ClFN2O4/c1-16(9-11-18-12-10-17-5-2-3-8-21(17)28-18)15-33-14-13-22(25(31)32)29-24(30)23-19(26)6-4-7-20(23)27/h4,6-7,10,12,16,22H,2-3,5,8-9,11,13-15H2,1H3,(H,29,30)(H,31,32)/t16-,22-/m1/s1. The number of nitrogens with zero attached hydrogens (tertiary/aromatic N) is 1. The molecule has 0 fully saturated rings. The molecule has 0 radical (unpaired) electrons. The van der Waals surface area contributed by atoms with Gasteiger partial charge < -0.3 is 15.2 Å². The highest BCUT2D eigenvalue weighted by molar-refractivity contribution is 6.33. The Labute approximate surface area is 198 Å². The van der Waals surface area contributed by atoms with Gasteiger partial charge in [0.05, 0.1) is 10.6 Å². The minimum absolute atomic E-state index is 0.0617. The zero-order chi connectivity index (χ0) is 23.8. The Morgan fingerprint density at radius 2 is 2.00 bits per heavy atom. The summed E-state index contributed by atoms with van der Waals surface area (Å²) in [7, 11) is 0. The Hall–Kier alpha value is -2.51. The Kier molecular flexibility index (Phi) is 9.21. The number of aromatic nitrogens is 1. The van der Waals surface area contributed by atoms with Crippen LogP contribution >= 0.6 is 11.6 Å². The highest BCUT2D eigenvalue weighted by Crippen LogP contribution is 2.21. The number of benzene rings is 1. The van der Waals surface area contributed by atoms with Crippen LogP contribution in [0.1, 0.15) is 59.9 Å². The first kappa shape index (κ1) is 25.1. The molecule has 6 nitrogen and oxygen atoms in total. The predicted molar refractivity (Wildman–Crippen MR) is 124 cm³/mol. The maximum atomic E-state index is 13.9. The number of pyridine rings is 1. The summed E-state index contributed by atoms with van der Waals surface area (Å²) in [6, 6.07) is 6.95. The van der Waals surface area contributed by atoms with Crippen LogP contribution in [0.2, 0.25) is 5.02 Å². The van der Waals surface area contributed by atoms with Crippen LogP contribution in [-0.2, 0) is 28.8 Å². The molecular weight excluding hydrogens is 447 g/mol. The quantitative estimate of drug-likeness (QED) is 0.462. The summed E-state index contributed by atoms with van der Waals surface area (Å²) in [5, 5.41) is 11.7. The van der Waals surface area contributed by atoms with Crippen molar-refractivity contribution in [3.05, 3.63) is 63.7 Å². The van der Waals surface area contributed by atoms with Gasteiger partial charge in [0.25, 0.3) is 5.91 Å². The first-order chi connectivity index (χ1) is 15.8. The molecular formula is C25H30ClFN2O4. The zero-order valence-corrected chi connectivity index (χ0v) is 19.5. The lowest BCUT2D eigenvalue weighted by Gasteiger charge is -2.17. The summed E-state index contributed by atoms with van der Waals surface area (Å²) in [6.07, 6.45) is 6.48. The number of aryl methyl sites for hydroxylation is 3.